The van der Waals surface area contributed by atoms with Crippen LogP contribution in [0.15, 0.2) is 53.4 Å². The molecule has 2 aromatic carbocycles. The average molecular weight is 311 g/mol. The first kappa shape index (κ1) is 15.6. The first-order chi connectivity index (χ1) is 9.95. The second kappa shape index (κ2) is 6.32. The minimum atomic E-state index is -4.14. The van der Waals surface area contributed by atoms with Gasteiger partial charge in [0.1, 0.15) is 4.90 Å². The molecule has 2 aromatic rings. The first-order valence-electron chi connectivity index (χ1n) is 6.47. The summed E-state index contributed by atoms with van der Waals surface area (Å²) < 4.78 is 53.7. The lowest BCUT2D eigenvalue weighted by Gasteiger charge is -2.17. The normalized spacial score (nSPS) is 13.1. The van der Waals surface area contributed by atoms with Crippen molar-refractivity contribution in [1.29, 1.82) is 0 Å². The highest BCUT2D eigenvalue weighted by atomic mass is 32.2. The van der Waals surface area contributed by atoms with Crippen molar-refractivity contribution in [3.05, 3.63) is 65.7 Å². The molecule has 0 amide bonds. The van der Waals surface area contributed by atoms with Gasteiger partial charge in [-0.05, 0) is 24.1 Å². The van der Waals surface area contributed by atoms with Crippen molar-refractivity contribution in [3.8, 4) is 0 Å². The number of hydrogen-bond acceptors (Lipinski definition) is 2. The summed E-state index contributed by atoms with van der Waals surface area (Å²) in [6, 6.07) is 11.5. The maximum Gasteiger partial charge on any atom is 0.244 e. The minimum Gasteiger partial charge on any atom is -0.207 e. The Morgan fingerprint density at radius 1 is 1.05 bits per heavy atom. The van der Waals surface area contributed by atoms with Gasteiger partial charge in [0, 0.05) is 6.04 Å². The summed E-state index contributed by atoms with van der Waals surface area (Å²) in [6.07, 6.45) is 0.486. The summed E-state index contributed by atoms with van der Waals surface area (Å²) >= 11 is 0. The zero-order valence-electron chi connectivity index (χ0n) is 11.4. The molecule has 0 aromatic heterocycles. The van der Waals surface area contributed by atoms with Gasteiger partial charge in [-0.1, -0.05) is 43.3 Å². The lowest BCUT2D eigenvalue weighted by Crippen LogP contribution is -2.29. The van der Waals surface area contributed by atoms with Crippen LogP contribution < -0.4 is 4.72 Å². The van der Waals surface area contributed by atoms with Crippen LogP contribution in [0.5, 0.6) is 0 Å². The largest absolute Gasteiger partial charge is 0.244 e. The van der Waals surface area contributed by atoms with Gasteiger partial charge in [0.2, 0.25) is 10.0 Å². The zero-order valence-corrected chi connectivity index (χ0v) is 12.2. The SMILES string of the molecule is CCC(NS(=O)(=O)c1cccc(F)c1F)c1ccccc1. The number of halogens is 2. The monoisotopic (exact) mass is 311 g/mol. The Kier molecular flexibility index (Phi) is 4.69. The molecular weight excluding hydrogens is 296 g/mol. The van der Waals surface area contributed by atoms with Crippen molar-refractivity contribution >= 4 is 10.0 Å². The molecule has 0 bridgehead atoms. The quantitative estimate of drug-likeness (QED) is 0.920. The van der Waals surface area contributed by atoms with Gasteiger partial charge >= 0.3 is 0 Å². The molecule has 1 N–H and O–H groups in total. The molecule has 112 valence electrons. The van der Waals surface area contributed by atoms with E-state index in [-0.39, 0.29) is 0 Å². The summed E-state index contributed by atoms with van der Waals surface area (Å²) in [6.45, 7) is 1.81. The van der Waals surface area contributed by atoms with Crippen LogP contribution in [0.25, 0.3) is 0 Å². The molecular formula is C15H15F2NO2S. The topological polar surface area (TPSA) is 46.2 Å². The highest BCUT2D eigenvalue weighted by Gasteiger charge is 2.24. The van der Waals surface area contributed by atoms with Crippen LogP contribution in [0.4, 0.5) is 8.78 Å². The molecule has 6 heteroatoms. The summed E-state index contributed by atoms with van der Waals surface area (Å²) in [5.41, 5.74) is 0.764. The van der Waals surface area contributed by atoms with E-state index < -0.39 is 32.6 Å². The Morgan fingerprint density at radius 2 is 1.71 bits per heavy atom. The van der Waals surface area contributed by atoms with Crippen molar-refractivity contribution in [3.63, 3.8) is 0 Å². The van der Waals surface area contributed by atoms with Gasteiger partial charge in [-0.15, -0.1) is 0 Å². The van der Waals surface area contributed by atoms with E-state index in [4.69, 9.17) is 0 Å². The number of rotatable bonds is 5. The predicted molar refractivity (Wildman–Crippen MR) is 76.2 cm³/mol. The van der Waals surface area contributed by atoms with Crippen LogP contribution in [0, 0.1) is 11.6 Å². The molecule has 0 saturated heterocycles. The van der Waals surface area contributed by atoms with Crippen molar-refractivity contribution in [2.45, 2.75) is 24.3 Å². The molecule has 2 rings (SSSR count). The third kappa shape index (κ3) is 3.46. The third-order valence-corrected chi connectivity index (χ3v) is 4.60. The molecule has 21 heavy (non-hydrogen) atoms. The van der Waals surface area contributed by atoms with E-state index in [1.807, 2.05) is 13.0 Å². The van der Waals surface area contributed by atoms with Crippen molar-refractivity contribution in [1.82, 2.24) is 4.72 Å². The fraction of sp³-hybridized carbons (Fsp3) is 0.200. The Bertz CT molecular complexity index is 718. The fourth-order valence-electron chi connectivity index (χ4n) is 2.01. The van der Waals surface area contributed by atoms with Gasteiger partial charge < -0.3 is 0 Å². The molecule has 0 radical (unpaired) electrons. The summed E-state index contributed by atoms with van der Waals surface area (Å²) in [7, 11) is -4.14. The van der Waals surface area contributed by atoms with E-state index >= 15 is 0 Å². The average Bonchev–Trinajstić information content (AvgIpc) is 2.48. The highest BCUT2D eigenvalue weighted by molar-refractivity contribution is 7.89. The molecule has 0 fully saturated rings. The summed E-state index contributed by atoms with van der Waals surface area (Å²) in [5.74, 6) is -2.56. The highest BCUT2D eigenvalue weighted by Crippen LogP contribution is 2.22. The van der Waals surface area contributed by atoms with E-state index in [0.29, 0.717) is 6.42 Å². The van der Waals surface area contributed by atoms with Crippen molar-refractivity contribution in [2.24, 2.45) is 0 Å². The second-order valence-electron chi connectivity index (χ2n) is 4.54. The molecule has 1 atom stereocenters. The Morgan fingerprint density at radius 3 is 2.33 bits per heavy atom. The number of benzene rings is 2. The van der Waals surface area contributed by atoms with E-state index in [1.54, 1.807) is 24.3 Å². The van der Waals surface area contributed by atoms with E-state index in [1.165, 1.54) is 0 Å². The first-order valence-corrected chi connectivity index (χ1v) is 7.95. The molecule has 0 heterocycles. The van der Waals surface area contributed by atoms with Gasteiger partial charge in [0.25, 0.3) is 0 Å². The standard InChI is InChI=1S/C15H15F2NO2S/c1-2-13(11-7-4-3-5-8-11)18-21(19,20)14-10-6-9-12(16)15(14)17/h3-10,13,18H,2H2,1H3. The predicted octanol–water partition coefficient (Wildman–Crippen LogP) is 3.39. The third-order valence-electron chi connectivity index (χ3n) is 3.11. The molecule has 0 aliphatic rings. The molecule has 0 aliphatic carbocycles. The van der Waals surface area contributed by atoms with Crippen LogP contribution in [0.2, 0.25) is 0 Å². The maximum absolute atomic E-state index is 13.7. The summed E-state index contributed by atoms with van der Waals surface area (Å²) in [5, 5.41) is 0. The van der Waals surface area contributed by atoms with Crippen LogP contribution >= 0.6 is 0 Å². The lowest BCUT2D eigenvalue weighted by molar-refractivity contribution is 0.480. The Hall–Kier alpha value is -1.79. The molecule has 0 aliphatic heterocycles. The van der Waals surface area contributed by atoms with Gasteiger partial charge in [-0.3, -0.25) is 0 Å². The van der Waals surface area contributed by atoms with Crippen molar-refractivity contribution in [2.75, 3.05) is 0 Å². The van der Waals surface area contributed by atoms with E-state index in [2.05, 4.69) is 4.72 Å². The maximum atomic E-state index is 13.7. The van der Waals surface area contributed by atoms with Gasteiger partial charge in [-0.25, -0.2) is 21.9 Å². The zero-order chi connectivity index (χ0) is 15.5. The molecule has 1 unspecified atom stereocenters. The van der Waals surface area contributed by atoms with Gasteiger partial charge in [0.05, 0.1) is 0 Å². The fourth-order valence-corrected chi connectivity index (χ4v) is 3.41. The molecule has 3 nitrogen and oxygen atoms in total. The smallest absolute Gasteiger partial charge is 0.207 e. The minimum absolute atomic E-state index is 0.486. The van der Waals surface area contributed by atoms with E-state index in [0.717, 1.165) is 23.8 Å². The van der Waals surface area contributed by atoms with E-state index in [9.17, 15) is 17.2 Å². The van der Waals surface area contributed by atoms with Crippen LogP contribution in [-0.2, 0) is 10.0 Å². The summed E-state index contributed by atoms with van der Waals surface area (Å²) in [4.78, 5) is -0.683. The Balaban J connectivity index is 2.34. The number of nitrogens with one attached hydrogen (secondary N) is 1. The number of sulfonamides is 1. The van der Waals surface area contributed by atoms with Gasteiger partial charge in [0.15, 0.2) is 11.6 Å². The molecule has 0 spiro atoms. The lowest BCUT2D eigenvalue weighted by atomic mass is 10.1. The van der Waals surface area contributed by atoms with Crippen molar-refractivity contribution < 1.29 is 17.2 Å². The van der Waals surface area contributed by atoms with Crippen LogP contribution in [0.1, 0.15) is 24.9 Å². The Labute approximate surface area is 122 Å². The second-order valence-corrected chi connectivity index (χ2v) is 6.23. The van der Waals surface area contributed by atoms with Crippen LogP contribution in [0.3, 0.4) is 0 Å². The van der Waals surface area contributed by atoms with Gasteiger partial charge in [-0.2, -0.15) is 0 Å². The number of hydrogen-bond donors (Lipinski definition) is 1. The van der Waals surface area contributed by atoms with Crippen LogP contribution in [-0.4, -0.2) is 8.42 Å². The molecule has 0 saturated carbocycles.